The summed E-state index contributed by atoms with van der Waals surface area (Å²) >= 11 is 0. The summed E-state index contributed by atoms with van der Waals surface area (Å²) in [7, 11) is -3.32. The molecule has 0 aliphatic heterocycles. The molecule has 0 aliphatic rings. The number of hydrogen-bond acceptors (Lipinski definition) is 3. The van der Waals surface area contributed by atoms with Gasteiger partial charge in [-0.2, -0.15) is 0 Å². The number of nitrogens with one attached hydrogen (secondary N) is 1. The van der Waals surface area contributed by atoms with Crippen LogP contribution in [-0.4, -0.2) is 18.7 Å². The van der Waals surface area contributed by atoms with E-state index in [1.54, 1.807) is 38.2 Å². The summed E-state index contributed by atoms with van der Waals surface area (Å²) in [6.07, 6.45) is 1.68. The van der Waals surface area contributed by atoms with Gasteiger partial charge in [-0.3, -0.25) is 9.71 Å². The van der Waals surface area contributed by atoms with Crippen LogP contribution in [0.4, 0.5) is 5.69 Å². The lowest BCUT2D eigenvalue weighted by molar-refractivity contribution is 0.593. The van der Waals surface area contributed by atoms with Crippen molar-refractivity contribution in [2.75, 3.05) is 4.72 Å². The highest BCUT2D eigenvalue weighted by Crippen LogP contribution is 2.22. The average Bonchev–Trinajstić information content (AvgIpc) is 2.29. The maximum absolute atomic E-state index is 11.8. The first-order valence-corrected chi connectivity index (χ1v) is 6.91. The molecule has 0 saturated heterocycles. The summed E-state index contributed by atoms with van der Waals surface area (Å²) in [6, 6.07) is 9.01. The molecular weight excluding hydrogens is 236 g/mol. The first-order chi connectivity index (χ1) is 8.00. The molecule has 4 nitrogen and oxygen atoms in total. The molecule has 1 N–H and O–H groups in total. The van der Waals surface area contributed by atoms with Gasteiger partial charge in [-0.15, -0.1) is 0 Å². The molecule has 2 rings (SSSR count). The lowest BCUT2D eigenvalue weighted by atomic mass is 10.2. The molecule has 1 aromatic carbocycles. The van der Waals surface area contributed by atoms with Crippen LogP contribution in [0.1, 0.15) is 13.8 Å². The van der Waals surface area contributed by atoms with E-state index >= 15 is 0 Å². The topological polar surface area (TPSA) is 59.1 Å². The van der Waals surface area contributed by atoms with Crippen LogP contribution >= 0.6 is 0 Å². The Kier molecular flexibility index (Phi) is 3.02. The van der Waals surface area contributed by atoms with Gasteiger partial charge in [-0.25, -0.2) is 8.42 Å². The molecule has 90 valence electrons. The molecule has 1 heterocycles. The quantitative estimate of drug-likeness (QED) is 0.909. The van der Waals surface area contributed by atoms with Gasteiger partial charge < -0.3 is 0 Å². The highest BCUT2D eigenvalue weighted by Gasteiger charge is 2.16. The van der Waals surface area contributed by atoms with Gasteiger partial charge in [0.25, 0.3) is 0 Å². The van der Waals surface area contributed by atoms with Crippen molar-refractivity contribution < 1.29 is 8.42 Å². The smallest absolute Gasteiger partial charge is 0.235 e. The first-order valence-electron chi connectivity index (χ1n) is 5.36. The molecule has 0 spiro atoms. The van der Waals surface area contributed by atoms with Gasteiger partial charge in [0.1, 0.15) is 0 Å². The van der Waals surface area contributed by atoms with Crippen molar-refractivity contribution in [1.82, 2.24) is 4.98 Å². The molecule has 2 aromatic rings. The zero-order valence-electron chi connectivity index (χ0n) is 9.71. The van der Waals surface area contributed by atoms with E-state index in [0.29, 0.717) is 5.69 Å². The van der Waals surface area contributed by atoms with Crippen LogP contribution in [0.5, 0.6) is 0 Å². The van der Waals surface area contributed by atoms with Crippen molar-refractivity contribution in [1.29, 1.82) is 0 Å². The molecule has 0 saturated carbocycles. The van der Waals surface area contributed by atoms with Crippen molar-refractivity contribution in [2.45, 2.75) is 19.1 Å². The van der Waals surface area contributed by atoms with Crippen LogP contribution < -0.4 is 4.72 Å². The van der Waals surface area contributed by atoms with Gasteiger partial charge in [0, 0.05) is 11.6 Å². The number of pyridine rings is 1. The molecule has 5 heteroatoms. The van der Waals surface area contributed by atoms with E-state index in [2.05, 4.69) is 9.71 Å². The Labute approximate surface area is 101 Å². The van der Waals surface area contributed by atoms with Crippen LogP contribution in [0.3, 0.4) is 0 Å². The number of anilines is 1. The Morgan fingerprint density at radius 1 is 1.18 bits per heavy atom. The number of sulfonamides is 1. The van der Waals surface area contributed by atoms with Gasteiger partial charge in [-0.1, -0.05) is 6.07 Å². The van der Waals surface area contributed by atoms with E-state index in [9.17, 15) is 8.42 Å². The van der Waals surface area contributed by atoms with Crippen LogP contribution in [0.2, 0.25) is 0 Å². The van der Waals surface area contributed by atoms with Crippen LogP contribution in [0.15, 0.2) is 36.5 Å². The van der Waals surface area contributed by atoms with E-state index in [4.69, 9.17) is 0 Å². The molecule has 17 heavy (non-hydrogen) atoms. The van der Waals surface area contributed by atoms with Crippen LogP contribution in [-0.2, 0) is 10.0 Å². The molecule has 0 amide bonds. The number of fused-ring (bicyclic) bond motifs is 1. The predicted molar refractivity (Wildman–Crippen MR) is 69.4 cm³/mol. The Hall–Kier alpha value is -1.62. The maximum atomic E-state index is 11.8. The highest BCUT2D eigenvalue weighted by molar-refractivity contribution is 7.93. The fourth-order valence-corrected chi connectivity index (χ4v) is 2.18. The second-order valence-electron chi connectivity index (χ2n) is 4.07. The fourth-order valence-electron chi connectivity index (χ4n) is 1.46. The highest BCUT2D eigenvalue weighted by atomic mass is 32.2. The summed E-state index contributed by atoms with van der Waals surface area (Å²) in [4.78, 5) is 4.18. The number of benzene rings is 1. The number of aromatic nitrogens is 1. The van der Waals surface area contributed by atoms with Gasteiger partial charge in [0.2, 0.25) is 10.0 Å². The Morgan fingerprint density at radius 2 is 1.94 bits per heavy atom. The van der Waals surface area contributed by atoms with E-state index in [-0.39, 0.29) is 0 Å². The predicted octanol–water partition coefficient (Wildman–Crippen LogP) is 2.38. The van der Waals surface area contributed by atoms with E-state index in [0.717, 1.165) is 10.9 Å². The van der Waals surface area contributed by atoms with Gasteiger partial charge >= 0.3 is 0 Å². The van der Waals surface area contributed by atoms with E-state index in [1.807, 2.05) is 12.1 Å². The summed E-state index contributed by atoms with van der Waals surface area (Å²) in [6.45, 7) is 3.29. The lowest BCUT2D eigenvalue weighted by Gasteiger charge is -2.12. The second-order valence-corrected chi connectivity index (χ2v) is 6.31. The van der Waals surface area contributed by atoms with Crippen molar-refractivity contribution in [3.05, 3.63) is 36.5 Å². The fraction of sp³-hybridized carbons (Fsp3) is 0.250. The SMILES string of the molecule is CC(C)S(=O)(=O)Nc1cccc2ncccc12. The molecule has 0 bridgehead atoms. The van der Waals surface area contributed by atoms with Crippen LogP contribution in [0, 0.1) is 0 Å². The van der Waals surface area contributed by atoms with Crippen molar-refractivity contribution in [2.24, 2.45) is 0 Å². The summed E-state index contributed by atoms with van der Waals surface area (Å²) in [5, 5.41) is 0.341. The monoisotopic (exact) mass is 250 g/mol. The Balaban J connectivity index is 2.50. The van der Waals surface area contributed by atoms with Crippen LogP contribution in [0.25, 0.3) is 10.9 Å². The Morgan fingerprint density at radius 3 is 2.65 bits per heavy atom. The van der Waals surface area contributed by atoms with Gasteiger partial charge in [-0.05, 0) is 38.1 Å². The third-order valence-electron chi connectivity index (χ3n) is 2.52. The number of rotatable bonds is 3. The zero-order chi connectivity index (χ0) is 12.5. The molecule has 0 aliphatic carbocycles. The largest absolute Gasteiger partial charge is 0.283 e. The molecule has 0 atom stereocenters. The third kappa shape index (κ3) is 2.39. The van der Waals surface area contributed by atoms with Crippen molar-refractivity contribution >= 4 is 26.6 Å². The van der Waals surface area contributed by atoms with Gasteiger partial charge in [0.05, 0.1) is 16.5 Å². The van der Waals surface area contributed by atoms with Crippen molar-refractivity contribution in [3.8, 4) is 0 Å². The summed E-state index contributed by atoms with van der Waals surface area (Å²) < 4.78 is 26.2. The minimum Gasteiger partial charge on any atom is -0.283 e. The molecular formula is C12H14N2O2S. The summed E-state index contributed by atoms with van der Waals surface area (Å²) in [5.41, 5.74) is 1.35. The van der Waals surface area contributed by atoms with E-state index in [1.165, 1.54) is 0 Å². The molecule has 0 unspecified atom stereocenters. The number of hydrogen-bond donors (Lipinski definition) is 1. The normalized spacial score (nSPS) is 11.9. The minimum atomic E-state index is -3.32. The lowest BCUT2D eigenvalue weighted by Crippen LogP contribution is -2.22. The maximum Gasteiger partial charge on any atom is 0.235 e. The van der Waals surface area contributed by atoms with Crippen molar-refractivity contribution in [3.63, 3.8) is 0 Å². The molecule has 1 aromatic heterocycles. The first kappa shape index (κ1) is 11.9. The molecule has 0 radical (unpaired) electrons. The third-order valence-corrected chi connectivity index (χ3v) is 4.26. The standard InChI is InChI=1S/C12H14N2O2S/c1-9(2)17(15,16)14-12-7-3-6-11-10(12)5-4-8-13-11/h3-9,14H,1-2H3. The minimum absolute atomic E-state index is 0.463. The zero-order valence-corrected chi connectivity index (χ0v) is 10.5. The molecule has 0 fully saturated rings. The van der Waals surface area contributed by atoms with E-state index < -0.39 is 15.3 Å². The Bertz CT molecular complexity index is 631. The number of nitrogens with zero attached hydrogens (tertiary/aromatic N) is 1. The second kappa shape index (κ2) is 4.33. The van der Waals surface area contributed by atoms with Gasteiger partial charge in [0.15, 0.2) is 0 Å². The average molecular weight is 250 g/mol. The summed E-state index contributed by atoms with van der Waals surface area (Å²) in [5.74, 6) is 0.